The molecule has 37 heavy (non-hydrogen) atoms. The normalized spacial score (nSPS) is 11.1. The molecule has 7 heteroatoms. The SMILES string of the molecule is CCCc1ccc(-c2ccc(OCc3ccc(CCc4cc(F)c(F)c(F)c4)c(F)c3)c(F)c2F)cc1. The van der Waals surface area contributed by atoms with Gasteiger partial charge < -0.3 is 4.74 Å². The zero-order valence-electron chi connectivity index (χ0n) is 20.1. The molecule has 4 aromatic rings. The molecule has 0 heterocycles. The molecule has 0 aromatic heterocycles. The second-order valence-corrected chi connectivity index (χ2v) is 8.77. The molecule has 192 valence electrons. The van der Waals surface area contributed by atoms with Crippen LogP contribution in [0.1, 0.15) is 35.6 Å². The molecular weight excluding hydrogens is 490 g/mol. The van der Waals surface area contributed by atoms with Crippen molar-refractivity contribution in [3.05, 3.63) is 124 Å². The molecular formula is C30H24F6O. The highest BCUT2D eigenvalue weighted by atomic mass is 19.2. The summed E-state index contributed by atoms with van der Waals surface area (Å²) in [5.41, 5.74) is 2.64. The lowest BCUT2D eigenvalue weighted by Crippen LogP contribution is -2.02. The molecule has 0 amide bonds. The summed E-state index contributed by atoms with van der Waals surface area (Å²) in [7, 11) is 0. The first kappa shape index (κ1) is 26.3. The van der Waals surface area contributed by atoms with Crippen LogP contribution in [-0.2, 0) is 25.9 Å². The van der Waals surface area contributed by atoms with Crippen LogP contribution in [0.5, 0.6) is 5.75 Å². The summed E-state index contributed by atoms with van der Waals surface area (Å²) in [6.45, 7) is 1.86. The minimum Gasteiger partial charge on any atom is -0.486 e. The first-order chi connectivity index (χ1) is 17.8. The third-order valence-corrected chi connectivity index (χ3v) is 6.09. The van der Waals surface area contributed by atoms with Crippen molar-refractivity contribution in [1.82, 2.24) is 0 Å². The molecule has 0 spiro atoms. The predicted molar refractivity (Wildman–Crippen MR) is 130 cm³/mol. The molecule has 0 atom stereocenters. The van der Waals surface area contributed by atoms with E-state index in [1.165, 1.54) is 24.3 Å². The second-order valence-electron chi connectivity index (χ2n) is 8.77. The van der Waals surface area contributed by atoms with Crippen LogP contribution in [0.15, 0.2) is 66.7 Å². The van der Waals surface area contributed by atoms with Crippen LogP contribution < -0.4 is 4.74 Å². The van der Waals surface area contributed by atoms with E-state index in [-0.39, 0.29) is 41.9 Å². The molecule has 4 aromatic carbocycles. The number of ether oxygens (including phenoxy) is 1. The van der Waals surface area contributed by atoms with Gasteiger partial charge in [0.15, 0.2) is 29.0 Å². The Morgan fingerprint density at radius 1 is 0.568 bits per heavy atom. The van der Waals surface area contributed by atoms with Gasteiger partial charge in [-0.25, -0.2) is 22.0 Å². The Hall–Kier alpha value is -3.74. The minimum atomic E-state index is -1.55. The zero-order chi connectivity index (χ0) is 26.5. The van der Waals surface area contributed by atoms with Gasteiger partial charge in [0.25, 0.3) is 0 Å². The van der Waals surface area contributed by atoms with Gasteiger partial charge in [-0.3, -0.25) is 0 Å². The Morgan fingerprint density at radius 2 is 1.22 bits per heavy atom. The van der Waals surface area contributed by atoms with E-state index in [4.69, 9.17) is 4.74 Å². The molecule has 4 rings (SSSR count). The maximum absolute atomic E-state index is 14.8. The van der Waals surface area contributed by atoms with Crippen LogP contribution in [0.2, 0.25) is 0 Å². The highest BCUT2D eigenvalue weighted by Crippen LogP contribution is 2.31. The summed E-state index contributed by atoms with van der Waals surface area (Å²) < 4.78 is 89.2. The molecule has 0 fully saturated rings. The van der Waals surface area contributed by atoms with Gasteiger partial charge in [-0.2, -0.15) is 4.39 Å². The summed E-state index contributed by atoms with van der Waals surface area (Å²) in [5.74, 6) is -7.20. The van der Waals surface area contributed by atoms with Crippen molar-refractivity contribution < 1.29 is 31.1 Å². The Morgan fingerprint density at radius 3 is 1.86 bits per heavy atom. The maximum Gasteiger partial charge on any atom is 0.201 e. The molecule has 0 N–H and O–H groups in total. The average molecular weight is 515 g/mol. The predicted octanol–water partition coefficient (Wildman–Crippen LogP) is 8.50. The zero-order valence-corrected chi connectivity index (χ0v) is 20.1. The lowest BCUT2D eigenvalue weighted by Gasteiger charge is -2.12. The van der Waals surface area contributed by atoms with Gasteiger partial charge in [-0.05, 0) is 77.4 Å². The minimum absolute atomic E-state index is 0.0963. The second kappa shape index (κ2) is 11.5. The topological polar surface area (TPSA) is 9.23 Å². The number of hydrogen-bond acceptors (Lipinski definition) is 1. The van der Waals surface area contributed by atoms with Crippen molar-refractivity contribution in [2.24, 2.45) is 0 Å². The van der Waals surface area contributed by atoms with Crippen LogP contribution in [0, 0.1) is 34.9 Å². The quantitative estimate of drug-likeness (QED) is 0.161. The number of halogens is 6. The highest BCUT2D eigenvalue weighted by molar-refractivity contribution is 5.65. The van der Waals surface area contributed by atoms with Gasteiger partial charge in [0.1, 0.15) is 12.4 Å². The lowest BCUT2D eigenvalue weighted by atomic mass is 10.0. The van der Waals surface area contributed by atoms with Crippen LogP contribution in [0.25, 0.3) is 11.1 Å². The Labute approximate surface area is 211 Å². The lowest BCUT2D eigenvalue weighted by molar-refractivity contribution is 0.284. The third-order valence-electron chi connectivity index (χ3n) is 6.09. The van der Waals surface area contributed by atoms with Crippen molar-refractivity contribution >= 4 is 0 Å². The fourth-order valence-electron chi connectivity index (χ4n) is 4.08. The van der Waals surface area contributed by atoms with Gasteiger partial charge in [0.05, 0.1) is 0 Å². The van der Waals surface area contributed by atoms with Gasteiger partial charge in [-0.1, -0.05) is 49.7 Å². The van der Waals surface area contributed by atoms with Gasteiger partial charge in [0.2, 0.25) is 5.82 Å². The largest absolute Gasteiger partial charge is 0.486 e. The van der Waals surface area contributed by atoms with E-state index in [2.05, 4.69) is 6.92 Å². The Kier molecular flexibility index (Phi) is 8.21. The standard InChI is InChI=1S/C30H24F6O/c1-2-3-18-4-8-21(9-5-18)23-12-13-27(30(36)28(23)34)37-17-20-7-11-22(24(31)16-20)10-6-19-14-25(32)29(35)26(33)15-19/h4-5,7-9,11-16H,2-3,6,10,17H2,1H3. The van der Waals surface area contributed by atoms with Gasteiger partial charge in [-0.15, -0.1) is 0 Å². The molecule has 0 saturated carbocycles. The number of aryl methyl sites for hydroxylation is 3. The molecule has 1 nitrogen and oxygen atoms in total. The summed E-state index contributed by atoms with van der Waals surface area (Å²) in [6, 6.07) is 16.0. The number of rotatable bonds is 9. The Balaban J connectivity index is 1.40. The van der Waals surface area contributed by atoms with Crippen LogP contribution in [-0.4, -0.2) is 0 Å². The number of benzene rings is 4. The van der Waals surface area contributed by atoms with E-state index in [1.807, 2.05) is 12.1 Å². The van der Waals surface area contributed by atoms with E-state index in [0.29, 0.717) is 11.1 Å². The number of hydrogen-bond donors (Lipinski definition) is 0. The molecule has 0 bridgehead atoms. The highest BCUT2D eigenvalue weighted by Gasteiger charge is 2.17. The fourth-order valence-corrected chi connectivity index (χ4v) is 4.08. The smallest absolute Gasteiger partial charge is 0.201 e. The molecule has 0 unspecified atom stereocenters. The molecule has 0 aliphatic rings. The van der Waals surface area contributed by atoms with Crippen molar-refractivity contribution in [2.45, 2.75) is 39.2 Å². The summed E-state index contributed by atoms with van der Waals surface area (Å²) in [4.78, 5) is 0. The van der Waals surface area contributed by atoms with Crippen molar-refractivity contribution in [2.75, 3.05) is 0 Å². The van der Waals surface area contributed by atoms with E-state index < -0.39 is 34.9 Å². The first-order valence-electron chi connectivity index (χ1n) is 11.9. The molecule has 0 aliphatic carbocycles. The van der Waals surface area contributed by atoms with Crippen LogP contribution >= 0.6 is 0 Å². The van der Waals surface area contributed by atoms with Crippen LogP contribution in [0.4, 0.5) is 26.3 Å². The molecule has 0 aliphatic heterocycles. The van der Waals surface area contributed by atoms with E-state index in [0.717, 1.165) is 30.5 Å². The summed E-state index contributed by atoms with van der Waals surface area (Å²) in [5, 5.41) is 0. The van der Waals surface area contributed by atoms with Crippen LogP contribution in [0.3, 0.4) is 0 Å². The van der Waals surface area contributed by atoms with Gasteiger partial charge >= 0.3 is 0 Å². The van der Waals surface area contributed by atoms with E-state index in [9.17, 15) is 26.3 Å². The van der Waals surface area contributed by atoms with Gasteiger partial charge in [0, 0.05) is 5.56 Å². The first-order valence-corrected chi connectivity index (χ1v) is 11.9. The molecule has 0 radical (unpaired) electrons. The summed E-state index contributed by atoms with van der Waals surface area (Å²) >= 11 is 0. The molecule has 0 saturated heterocycles. The maximum atomic E-state index is 14.8. The van der Waals surface area contributed by atoms with Crippen molar-refractivity contribution in [1.29, 1.82) is 0 Å². The Bertz CT molecular complexity index is 1380. The van der Waals surface area contributed by atoms with Crippen molar-refractivity contribution in [3.8, 4) is 16.9 Å². The van der Waals surface area contributed by atoms with E-state index >= 15 is 0 Å². The average Bonchev–Trinajstić information content (AvgIpc) is 2.88. The monoisotopic (exact) mass is 514 g/mol. The third kappa shape index (κ3) is 6.16. The summed E-state index contributed by atoms with van der Waals surface area (Å²) in [6.07, 6.45) is 2.11. The van der Waals surface area contributed by atoms with Crippen molar-refractivity contribution in [3.63, 3.8) is 0 Å². The van der Waals surface area contributed by atoms with E-state index in [1.54, 1.807) is 18.2 Å². The fraction of sp³-hybridized carbons (Fsp3) is 0.200.